The number of hydrogen-bond acceptors (Lipinski definition) is 5. The molecule has 8 nitrogen and oxygen atoms in total. The number of hydrogen-bond donors (Lipinski definition) is 3. The quantitative estimate of drug-likeness (QED) is 0.474. The molecule has 2 amide bonds. The fraction of sp³-hybridized carbons (Fsp3) is 0.304. The Morgan fingerprint density at radius 2 is 2.00 bits per heavy atom. The van der Waals surface area contributed by atoms with Crippen LogP contribution in [0, 0.1) is 6.92 Å². The maximum Gasteiger partial charge on any atom is 0.319 e. The van der Waals surface area contributed by atoms with Crippen LogP contribution in [0.3, 0.4) is 0 Å². The van der Waals surface area contributed by atoms with E-state index in [1.54, 1.807) is 12.1 Å². The molecule has 0 aliphatic carbocycles. The predicted octanol–water partition coefficient (Wildman–Crippen LogP) is 3.37. The van der Waals surface area contributed by atoms with Gasteiger partial charge in [0.1, 0.15) is 0 Å². The van der Waals surface area contributed by atoms with Crippen molar-refractivity contribution < 1.29 is 13.2 Å². The fourth-order valence-corrected chi connectivity index (χ4v) is 5.52. The van der Waals surface area contributed by atoms with Crippen LogP contribution < -0.4 is 15.4 Å². The Morgan fingerprint density at radius 1 is 1.18 bits per heavy atom. The molecule has 1 aliphatic heterocycles. The number of nitrogens with zero attached hydrogens (tertiary/aromatic N) is 2. The number of rotatable bonds is 7. The highest BCUT2D eigenvalue weighted by Crippen LogP contribution is 2.23. The van der Waals surface area contributed by atoms with Gasteiger partial charge >= 0.3 is 6.03 Å². The third-order valence-corrected chi connectivity index (χ3v) is 7.26. The molecule has 2 heterocycles. The summed E-state index contributed by atoms with van der Waals surface area (Å²) in [5.74, 6) is 0. The van der Waals surface area contributed by atoms with Crippen molar-refractivity contribution in [1.82, 2.24) is 19.9 Å². The lowest BCUT2D eigenvalue weighted by Gasteiger charge is -2.17. The summed E-state index contributed by atoms with van der Waals surface area (Å²) in [7, 11) is -3.63. The van der Waals surface area contributed by atoms with Gasteiger partial charge in [0.2, 0.25) is 10.0 Å². The number of fused-ring (bicyclic) bond motifs is 1. The molecular weight excluding hydrogens is 462 g/mol. The van der Waals surface area contributed by atoms with Gasteiger partial charge in [0.05, 0.1) is 16.1 Å². The summed E-state index contributed by atoms with van der Waals surface area (Å²) in [6.45, 7) is 4.29. The monoisotopic (exact) mass is 487 g/mol. The zero-order valence-corrected chi connectivity index (χ0v) is 19.8. The Labute approximate surface area is 198 Å². The summed E-state index contributed by atoms with van der Waals surface area (Å²) >= 11 is 5.92. The van der Waals surface area contributed by atoms with Gasteiger partial charge in [-0.05, 0) is 50.2 Å². The van der Waals surface area contributed by atoms with Crippen molar-refractivity contribution in [3.05, 3.63) is 65.3 Å². The van der Waals surface area contributed by atoms with Gasteiger partial charge in [0.25, 0.3) is 0 Å². The van der Waals surface area contributed by atoms with E-state index in [1.807, 2.05) is 37.3 Å². The Bertz CT molecular complexity index is 1270. The van der Waals surface area contributed by atoms with Crippen LogP contribution in [0.15, 0.2) is 59.5 Å². The van der Waals surface area contributed by atoms with Gasteiger partial charge in [0.15, 0.2) is 0 Å². The molecule has 2 aromatic carbocycles. The summed E-state index contributed by atoms with van der Waals surface area (Å²) < 4.78 is 27.9. The van der Waals surface area contributed by atoms with Crippen molar-refractivity contribution in [2.45, 2.75) is 24.3 Å². The molecule has 0 saturated carbocycles. The van der Waals surface area contributed by atoms with Gasteiger partial charge in [-0.3, -0.25) is 9.88 Å². The molecule has 0 radical (unpaired) electrons. The lowest BCUT2D eigenvalue weighted by atomic mass is 10.1. The molecule has 1 saturated heterocycles. The van der Waals surface area contributed by atoms with Crippen LogP contribution in [-0.2, 0) is 10.0 Å². The molecule has 0 spiro atoms. The standard InChI is InChI=1S/C23H26ClN5O3S/c1-16-13-22(20-7-2-3-8-21(20)26-16)27-23(30)25-10-12-29-11-9-18(15-29)28-33(31,32)19-6-4-5-17(24)14-19/h2-8,13-14,18,28H,9-12,15H2,1H3,(H2,25,26,27,30). The van der Waals surface area contributed by atoms with E-state index >= 15 is 0 Å². The van der Waals surface area contributed by atoms with Crippen LogP contribution in [-0.4, -0.2) is 56.6 Å². The van der Waals surface area contributed by atoms with Crippen molar-refractivity contribution in [3.8, 4) is 0 Å². The van der Waals surface area contributed by atoms with Gasteiger partial charge < -0.3 is 10.6 Å². The number of aryl methyl sites for hydroxylation is 1. The van der Waals surface area contributed by atoms with E-state index < -0.39 is 10.0 Å². The average molecular weight is 488 g/mol. The molecule has 1 unspecified atom stereocenters. The maximum absolute atomic E-state index is 12.6. The fourth-order valence-electron chi connectivity index (χ4n) is 3.96. The van der Waals surface area contributed by atoms with Crippen LogP contribution >= 0.6 is 11.6 Å². The first-order valence-electron chi connectivity index (χ1n) is 10.7. The number of benzene rings is 2. The van der Waals surface area contributed by atoms with Crippen molar-refractivity contribution >= 4 is 44.2 Å². The SMILES string of the molecule is Cc1cc(NC(=O)NCCN2CCC(NS(=O)(=O)c3cccc(Cl)c3)C2)c2ccccc2n1. The van der Waals surface area contributed by atoms with Gasteiger partial charge in [-0.1, -0.05) is 35.9 Å². The molecule has 1 fully saturated rings. The number of pyridine rings is 1. The Kier molecular flexibility index (Phi) is 7.14. The van der Waals surface area contributed by atoms with E-state index in [2.05, 4.69) is 25.2 Å². The van der Waals surface area contributed by atoms with Gasteiger partial charge in [-0.15, -0.1) is 0 Å². The van der Waals surface area contributed by atoms with Gasteiger partial charge in [-0.25, -0.2) is 17.9 Å². The van der Waals surface area contributed by atoms with Crippen LogP contribution in [0.25, 0.3) is 10.9 Å². The number of nitrogens with one attached hydrogen (secondary N) is 3. The highest BCUT2D eigenvalue weighted by molar-refractivity contribution is 7.89. The van der Waals surface area contributed by atoms with E-state index in [1.165, 1.54) is 12.1 Å². The first-order chi connectivity index (χ1) is 15.8. The van der Waals surface area contributed by atoms with Crippen molar-refractivity contribution in [1.29, 1.82) is 0 Å². The van der Waals surface area contributed by atoms with Crippen LogP contribution in [0.4, 0.5) is 10.5 Å². The first-order valence-corrected chi connectivity index (χ1v) is 12.6. The van der Waals surface area contributed by atoms with Crippen molar-refractivity contribution in [3.63, 3.8) is 0 Å². The number of aromatic nitrogens is 1. The van der Waals surface area contributed by atoms with Crippen molar-refractivity contribution in [2.75, 3.05) is 31.5 Å². The number of halogens is 1. The number of carbonyl (C=O) groups excluding carboxylic acids is 1. The third-order valence-electron chi connectivity index (χ3n) is 5.51. The first kappa shape index (κ1) is 23.4. The Morgan fingerprint density at radius 3 is 2.82 bits per heavy atom. The van der Waals surface area contributed by atoms with Crippen molar-refractivity contribution in [2.24, 2.45) is 0 Å². The number of amides is 2. The molecule has 174 valence electrons. The summed E-state index contributed by atoms with van der Waals surface area (Å²) in [4.78, 5) is 19.2. The summed E-state index contributed by atoms with van der Waals surface area (Å²) in [6, 6.07) is 15.2. The summed E-state index contributed by atoms with van der Waals surface area (Å²) in [5.41, 5.74) is 2.37. The predicted molar refractivity (Wildman–Crippen MR) is 130 cm³/mol. The Hall–Kier alpha value is -2.72. The number of para-hydroxylation sites is 1. The van der Waals surface area contributed by atoms with E-state index in [-0.39, 0.29) is 17.0 Å². The lowest BCUT2D eigenvalue weighted by molar-refractivity contribution is 0.249. The molecule has 4 rings (SSSR count). The smallest absolute Gasteiger partial charge is 0.319 e. The molecule has 1 aromatic heterocycles. The largest absolute Gasteiger partial charge is 0.337 e. The number of likely N-dealkylation sites (tertiary alicyclic amines) is 1. The molecule has 0 bridgehead atoms. The number of anilines is 1. The van der Waals surface area contributed by atoms with E-state index in [9.17, 15) is 13.2 Å². The lowest BCUT2D eigenvalue weighted by Crippen LogP contribution is -2.39. The van der Waals surface area contributed by atoms with Crippen LogP contribution in [0.5, 0.6) is 0 Å². The maximum atomic E-state index is 12.6. The van der Waals surface area contributed by atoms with Crippen LogP contribution in [0.1, 0.15) is 12.1 Å². The van der Waals surface area contributed by atoms with Crippen LogP contribution in [0.2, 0.25) is 5.02 Å². The Balaban J connectivity index is 1.25. The molecular formula is C23H26ClN5O3S. The summed E-state index contributed by atoms with van der Waals surface area (Å²) in [5, 5.41) is 7.04. The van der Waals surface area contributed by atoms with Gasteiger partial charge in [-0.2, -0.15) is 0 Å². The third kappa shape index (κ3) is 6.00. The molecule has 1 aliphatic rings. The van der Waals surface area contributed by atoms with E-state index in [0.717, 1.165) is 23.1 Å². The van der Waals surface area contributed by atoms with E-state index in [0.29, 0.717) is 36.8 Å². The summed E-state index contributed by atoms with van der Waals surface area (Å²) in [6.07, 6.45) is 0.703. The zero-order chi connectivity index (χ0) is 23.4. The molecule has 33 heavy (non-hydrogen) atoms. The van der Waals surface area contributed by atoms with E-state index in [4.69, 9.17) is 11.6 Å². The molecule has 3 aromatic rings. The zero-order valence-electron chi connectivity index (χ0n) is 18.2. The minimum atomic E-state index is -3.63. The number of urea groups is 1. The molecule has 10 heteroatoms. The average Bonchev–Trinajstić information content (AvgIpc) is 3.20. The topological polar surface area (TPSA) is 103 Å². The minimum Gasteiger partial charge on any atom is -0.337 e. The van der Waals surface area contributed by atoms with Gasteiger partial charge in [0, 0.05) is 41.8 Å². The molecule has 3 N–H and O–H groups in total. The second-order valence-corrected chi connectivity index (χ2v) is 10.2. The second kappa shape index (κ2) is 10.0. The molecule has 1 atom stereocenters. The minimum absolute atomic E-state index is 0.158. The highest BCUT2D eigenvalue weighted by Gasteiger charge is 2.27. The number of carbonyl (C=O) groups is 1. The second-order valence-electron chi connectivity index (χ2n) is 8.07. The highest BCUT2D eigenvalue weighted by atomic mass is 35.5. The number of sulfonamides is 1. The normalized spacial score (nSPS) is 16.7.